The lowest BCUT2D eigenvalue weighted by atomic mass is 9.95. The van der Waals surface area contributed by atoms with E-state index in [9.17, 15) is 17.6 Å². The van der Waals surface area contributed by atoms with E-state index in [1.54, 1.807) is 19.1 Å². The van der Waals surface area contributed by atoms with Gasteiger partial charge in [0.2, 0.25) is 15.9 Å². The topological polar surface area (TPSA) is 66.5 Å². The molecule has 174 valence electrons. The molecule has 0 spiro atoms. The van der Waals surface area contributed by atoms with E-state index in [1.165, 1.54) is 16.4 Å². The summed E-state index contributed by atoms with van der Waals surface area (Å²) in [6, 6.07) is 9.12. The Labute approximate surface area is 191 Å². The smallest absolute Gasteiger partial charge is 0.244 e. The minimum absolute atomic E-state index is 0.194. The Morgan fingerprint density at radius 2 is 1.62 bits per heavy atom. The van der Waals surface area contributed by atoms with E-state index in [1.807, 2.05) is 32.9 Å². The second-order valence-electron chi connectivity index (χ2n) is 8.91. The highest BCUT2D eigenvalue weighted by molar-refractivity contribution is 7.89. The summed E-state index contributed by atoms with van der Waals surface area (Å²) >= 11 is 0. The van der Waals surface area contributed by atoms with Gasteiger partial charge < -0.3 is 5.32 Å². The van der Waals surface area contributed by atoms with Gasteiger partial charge in [-0.3, -0.25) is 4.79 Å². The molecule has 0 bridgehead atoms. The normalized spacial score (nSPS) is 16.2. The Bertz CT molecular complexity index is 1040. The summed E-state index contributed by atoms with van der Waals surface area (Å²) in [6.45, 7) is 7.13. The van der Waals surface area contributed by atoms with Gasteiger partial charge in [0.1, 0.15) is 5.82 Å². The molecule has 0 radical (unpaired) electrons. The summed E-state index contributed by atoms with van der Waals surface area (Å²) in [7, 11) is -3.86. The fourth-order valence-corrected chi connectivity index (χ4v) is 6.79. The van der Waals surface area contributed by atoms with Gasteiger partial charge in [-0.1, -0.05) is 49.1 Å². The predicted octanol–water partition coefficient (Wildman–Crippen LogP) is 4.95. The van der Waals surface area contributed by atoms with Gasteiger partial charge in [-0.25, -0.2) is 12.8 Å². The molecule has 2 aromatic rings. The van der Waals surface area contributed by atoms with E-state index in [2.05, 4.69) is 5.32 Å². The van der Waals surface area contributed by atoms with Gasteiger partial charge in [-0.15, -0.1) is 0 Å². The average Bonchev–Trinajstić information content (AvgIpc) is 2.72. The quantitative estimate of drug-likeness (QED) is 0.636. The van der Waals surface area contributed by atoms with Crippen molar-refractivity contribution in [3.63, 3.8) is 0 Å². The Morgan fingerprint density at radius 1 is 1.06 bits per heavy atom. The van der Waals surface area contributed by atoms with Crippen LogP contribution in [0.5, 0.6) is 0 Å². The number of carbonyl (C=O) groups is 1. The molecular weight excluding hydrogens is 427 g/mol. The Balaban J connectivity index is 1.87. The number of rotatable bonds is 7. The van der Waals surface area contributed by atoms with Crippen LogP contribution in [0.4, 0.5) is 4.39 Å². The monoisotopic (exact) mass is 460 g/mol. The molecule has 0 aliphatic heterocycles. The van der Waals surface area contributed by atoms with E-state index >= 15 is 0 Å². The second kappa shape index (κ2) is 10.1. The first-order chi connectivity index (χ1) is 15.1. The molecule has 5 nitrogen and oxygen atoms in total. The molecule has 3 rings (SSSR count). The summed E-state index contributed by atoms with van der Waals surface area (Å²) < 4.78 is 42.3. The molecule has 1 aliphatic rings. The zero-order valence-electron chi connectivity index (χ0n) is 19.3. The third-order valence-electron chi connectivity index (χ3n) is 6.20. The van der Waals surface area contributed by atoms with Crippen LogP contribution in [-0.4, -0.2) is 31.2 Å². The molecule has 0 aromatic heterocycles. The van der Waals surface area contributed by atoms with Crippen molar-refractivity contribution in [2.75, 3.05) is 6.54 Å². The van der Waals surface area contributed by atoms with Crippen molar-refractivity contribution >= 4 is 15.9 Å². The number of nitrogens with zero attached hydrogens (tertiary/aromatic N) is 1. The molecule has 7 heteroatoms. The number of amides is 1. The third-order valence-corrected chi connectivity index (χ3v) is 8.40. The minimum atomic E-state index is -3.86. The van der Waals surface area contributed by atoms with Crippen LogP contribution in [0.15, 0.2) is 41.3 Å². The van der Waals surface area contributed by atoms with Crippen LogP contribution in [0.1, 0.15) is 67.3 Å². The van der Waals surface area contributed by atoms with Gasteiger partial charge in [0.15, 0.2) is 0 Å². The Kier molecular flexibility index (Phi) is 7.72. The summed E-state index contributed by atoms with van der Waals surface area (Å²) in [6.07, 6.45) is 4.50. The SMILES string of the molecule is Cc1cc(C)c(S(=O)(=O)N(CC(=O)N[C@@H](C)c2ccc(F)cc2)C2CCCCC2)c(C)c1. The molecular formula is C25H33FN2O3S. The minimum Gasteiger partial charge on any atom is -0.348 e. The molecule has 1 aliphatic carbocycles. The van der Waals surface area contributed by atoms with Crippen LogP contribution in [0.25, 0.3) is 0 Å². The molecule has 0 heterocycles. The van der Waals surface area contributed by atoms with Gasteiger partial charge in [-0.2, -0.15) is 4.31 Å². The lowest BCUT2D eigenvalue weighted by Gasteiger charge is -2.34. The lowest BCUT2D eigenvalue weighted by molar-refractivity contribution is -0.122. The van der Waals surface area contributed by atoms with Crippen molar-refractivity contribution in [2.45, 2.75) is 76.8 Å². The van der Waals surface area contributed by atoms with Gasteiger partial charge in [0.25, 0.3) is 0 Å². The maximum atomic E-state index is 13.8. The van der Waals surface area contributed by atoms with Crippen LogP contribution in [0.3, 0.4) is 0 Å². The number of nitrogens with one attached hydrogen (secondary N) is 1. The largest absolute Gasteiger partial charge is 0.348 e. The maximum absolute atomic E-state index is 13.8. The molecule has 0 saturated heterocycles. The molecule has 1 amide bonds. The number of aryl methyl sites for hydroxylation is 3. The first kappa shape index (κ1) is 24.4. The summed E-state index contributed by atoms with van der Waals surface area (Å²) in [5.41, 5.74) is 3.16. The summed E-state index contributed by atoms with van der Waals surface area (Å²) in [5.74, 6) is -0.705. The van der Waals surface area contributed by atoms with Crippen molar-refractivity contribution in [3.05, 3.63) is 64.5 Å². The fraction of sp³-hybridized carbons (Fsp3) is 0.480. The van der Waals surface area contributed by atoms with Crippen molar-refractivity contribution in [1.82, 2.24) is 9.62 Å². The van der Waals surface area contributed by atoms with E-state index < -0.39 is 10.0 Å². The van der Waals surface area contributed by atoms with Crippen LogP contribution in [-0.2, 0) is 14.8 Å². The number of carbonyl (C=O) groups excluding carboxylic acids is 1. The average molecular weight is 461 g/mol. The highest BCUT2D eigenvalue weighted by atomic mass is 32.2. The van der Waals surface area contributed by atoms with Gasteiger partial charge in [0, 0.05) is 6.04 Å². The maximum Gasteiger partial charge on any atom is 0.244 e. The standard InChI is InChI=1S/C25H33FN2O3S/c1-17-14-18(2)25(19(3)15-17)32(30,31)28(23-8-6-5-7-9-23)16-24(29)27-20(4)21-10-12-22(26)13-11-21/h10-15,20,23H,5-9,16H2,1-4H3,(H,27,29)/t20-/m0/s1. The Hall–Kier alpha value is -2.25. The second-order valence-corrected chi connectivity index (χ2v) is 10.7. The number of benzene rings is 2. The molecule has 0 unspecified atom stereocenters. The fourth-order valence-electron chi connectivity index (χ4n) is 4.73. The Morgan fingerprint density at radius 3 is 2.19 bits per heavy atom. The van der Waals surface area contributed by atoms with Crippen molar-refractivity contribution in [2.24, 2.45) is 0 Å². The lowest BCUT2D eigenvalue weighted by Crippen LogP contribution is -2.47. The van der Waals surface area contributed by atoms with E-state index in [-0.39, 0.29) is 30.4 Å². The zero-order valence-corrected chi connectivity index (χ0v) is 20.1. The van der Waals surface area contributed by atoms with E-state index in [0.29, 0.717) is 16.0 Å². The molecule has 1 saturated carbocycles. The van der Waals surface area contributed by atoms with Gasteiger partial charge >= 0.3 is 0 Å². The van der Waals surface area contributed by atoms with Gasteiger partial charge in [-0.05, 0) is 69.4 Å². The van der Waals surface area contributed by atoms with Crippen LogP contribution in [0.2, 0.25) is 0 Å². The molecule has 1 N–H and O–H groups in total. The number of hydrogen-bond acceptors (Lipinski definition) is 3. The van der Waals surface area contributed by atoms with E-state index in [0.717, 1.165) is 43.2 Å². The molecule has 32 heavy (non-hydrogen) atoms. The van der Waals surface area contributed by atoms with Crippen LogP contribution in [0, 0.1) is 26.6 Å². The third kappa shape index (κ3) is 5.56. The summed E-state index contributed by atoms with van der Waals surface area (Å²) in [5, 5.41) is 2.88. The first-order valence-corrected chi connectivity index (χ1v) is 12.7. The van der Waals surface area contributed by atoms with Gasteiger partial charge in [0.05, 0.1) is 17.5 Å². The van der Waals surface area contributed by atoms with Crippen molar-refractivity contribution in [3.8, 4) is 0 Å². The highest BCUT2D eigenvalue weighted by Crippen LogP contribution is 2.31. The molecule has 1 atom stereocenters. The molecule has 2 aromatic carbocycles. The van der Waals surface area contributed by atoms with Crippen LogP contribution >= 0.6 is 0 Å². The number of sulfonamides is 1. The first-order valence-electron chi connectivity index (χ1n) is 11.2. The van der Waals surface area contributed by atoms with Crippen molar-refractivity contribution in [1.29, 1.82) is 0 Å². The molecule has 1 fully saturated rings. The highest BCUT2D eigenvalue weighted by Gasteiger charge is 2.36. The zero-order chi connectivity index (χ0) is 23.5. The number of halogens is 1. The van der Waals surface area contributed by atoms with Crippen LogP contribution < -0.4 is 5.32 Å². The number of hydrogen-bond donors (Lipinski definition) is 1. The predicted molar refractivity (Wildman–Crippen MR) is 124 cm³/mol. The van der Waals surface area contributed by atoms with Crippen molar-refractivity contribution < 1.29 is 17.6 Å². The van der Waals surface area contributed by atoms with E-state index in [4.69, 9.17) is 0 Å². The summed E-state index contributed by atoms with van der Waals surface area (Å²) in [4.78, 5) is 13.3.